The minimum atomic E-state index is -4.68. The molecule has 21 nitrogen and oxygen atoms in total. The van der Waals surface area contributed by atoms with E-state index in [0.717, 1.165) is 52.2 Å². The van der Waals surface area contributed by atoms with Crippen LogP contribution < -0.4 is 35.0 Å². The number of carbonyl (C=O) groups excluding carboxylic acids is 2. The lowest BCUT2D eigenvalue weighted by Gasteiger charge is -2.24. The molecule has 5 heterocycles. The van der Waals surface area contributed by atoms with E-state index in [-0.39, 0.29) is 92.8 Å². The smallest absolute Gasteiger partial charge is 0.393 e. The summed E-state index contributed by atoms with van der Waals surface area (Å²) in [6, 6.07) is 28.3. The monoisotopic (exact) mass is 1360 g/mol. The van der Waals surface area contributed by atoms with Gasteiger partial charge in [0.05, 0.1) is 69.9 Å². The van der Waals surface area contributed by atoms with E-state index in [0.29, 0.717) is 52.7 Å². The van der Waals surface area contributed by atoms with Crippen LogP contribution >= 0.6 is 0 Å². The molecule has 1 aliphatic heterocycles. The van der Waals surface area contributed by atoms with Gasteiger partial charge in [-0.25, -0.2) is 40.3 Å². The number of H-pyrrole nitrogens is 1. The van der Waals surface area contributed by atoms with E-state index in [2.05, 4.69) is 31.1 Å². The van der Waals surface area contributed by atoms with Gasteiger partial charge >= 0.3 is 12.4 Å². The number of amides is 2. The van der Waals surface area contributed by atoms with Crippen molar-refractivity contribution in [3.05, 3.63) is 166 Å². The minimum absolute atomic E-state index is 0.0152. The number of alkyl halides is 6. The van der Waals surface area contributed by atoms with Crippen molar-refractivity contribution in [2.75, 3.05) is 52.5 Å². The highest BCUT2D eigenvalue weighted by atomic mass is 32.2. The fourth-order valence-electron chi connectivity index (χ4n) is 10.5. The number of nitrogens with one attached hydrogen (secondary N) is 4. The number of carbonyl (C=O) groups is 2. The van der Waals surface area contributed by atoms with E-state index < -0.39 is 91.8 Å². The van der Waals surface area contributed by atoms with Crippen molar-refractivity contribution in [3.8, 4) is 34.0 Å². The maximum Gasteiger partial charge on any atom is 0.393 e. The first kappa shape index (κ1) is 69.7. The molecule has 0 saturated carbocycles. The summed E-state index contributed by atoms with van der Waals surface area (Å²) in [5, 5.41) is 30.4. The zero-order valence-electron chi connectivity index (χ0n) is 52.2. The van der Waals surface area contributed by atoms with Crippen molar-refractivity contribution < 1.29 is 76.1 Å². The number of phenols is 1. The van der Waals surface area contributed by atoms with Gasteiger partial charge in [-0.3, -0.25) is 23.3 Å². The lowest BCUT2D eigenvalue weighted by Crippen LogP contribution is -2.41. The molecule has 7 N–H and O–H groups in total. The van der Waals surface area contributed by atoms with Gasteiger partial charge in [-0.15, -0.1) is 0 Å². The zero-order chi connectivity index (χ0) is 69.1. The summed E-state index contributed by atoms with van der Waals surface area (Å²) in [5.41, 5.74) is 6.19. The Balaban J connectivity index is 0.000000238. The average molecular weight is 1360 g/mol. The molecule has 1 aliphatic rings. The third-order valence-electron chi connectivity index (χ3n) is 15.1. The summed E-state index contributed by atoms with van der Waals surface area (Å²) < 4.78 is 177. The number of rotatable bonds is 20. The molecule has 10 rings (SSSR count). The molecule has 0 spiro atoms. The van der Waals surface area contributed by atoms with Crippen molar-refractivity contribution in [2.24, 2.45) is 5.73 Å². The molecule has 1 unspecified atom stereocenters. The molecule has 2 amide bonds. The number of ether oxygens (including phenoxy) is 2. The van der Waals surface area contributed by atoms with Gasteiger partial charge in [-0.1, -0.05) is 66.7 Å². The highest BCUT2D eigenvalue weighted by Gasteiger charge is 2.35. The molecule has 4 aromatic heterocycles. The quantitative estimate of drug-likeness (QED) is 0.0387. The van der Waals surface area contributed by atoms with Crippen LogP contribution in [0, 0.1) is 11.6 Å². The van der Waals surface area contributed by atoms with Crippen molar-refractivity contribution in [1.29, 1.82) is 0 Å². The Labute approximate surface area is 540 Å². The number of fused-ring (bicyclic) bond motifs is 2. The second kappa shape index (κ2) is 27.8. The lowest BCUT2D eigenvalue weighted by molar-refractivity contribution is -0.128. The Morgan fingerprint density at radius 3 is 1.76 bits per heavy atom. The van der Waals surface area contributed by atoms with E-state index in [1.807, 2.05) is 20.8 Å². The predicted octanol–water partition coefficient (Wildman–Crippen LogP) is 11.8. The number of para-hydroxylation sites is 2. The lowest BCUT2D eigenvalue weighted by atomic mass is 9.99. The van der Waals surface area contributed by atoms with Crippen LogP contribution in [0.4, 0.5) is 58.1 Å². The molecule has 504 valence electrons. The number of phenolic OH excluding ortho intramolecular Hbond substituents is 1. The van der Waals surface area contributed by atoms with Gasteiger partial charge in [-0.2, -0.15) is 36.5 Å². The Hall–Kier alpha value is -9.62. The number of halogens is 8. The van der Waals surface area contributed by atoms with Crippen LogP contribution in [-0.4, -0.2) is 115 Å². The highest BCUT2D eigenvalue weighted by Crippen LogP contribution is 2.41. The number of anilines is 4. The number of aromatic hydroxyl groups is 1. The number of nitrogens with two attached hydrogens (primary N) is 1. The summed E-state index contributed by atoms with van der Waals surface area (Å²) in [4.78, 5) is 35.1. The number of sulfonamides is 2. The summed E-state index contributed by atoms with van der Waals surface area (Å²) in [6.45, 7) is 5.72. The van der Waals surface area contributed by atoms with Gasteiger partial charge in [0.25, 0.3) is 11.8 Å². The molecule has 0 radical (unpaired) electrons. The van der Waals surface area contributed by atoms with Crippen molar-refractivity contribution in [2.45, 2.75) is 96.7 Å². The first-order valence-electron chi connectivity index (χ1n) is 29.3. The van der Waals surface area contributed by atoms with Crippen LogP contribution in [0.2, 0.25) is 0 Å². The second-order valence-corrected chi connectivity index (χ2v) is 27.5. The largest absolute Gasteiger partial charge is 0.505 e. The normalized spacial score (nSPS) is 13.9. The molecular weight excluding hydrogens is 1300 g/mol. The molecule has 31 heteroatoms. The van der Waals surface area contributed by atoms with Crippen LogP contribution in [0.5, 0.6) is 11.5 Å². The number of pyridine rings is 2. The van der Waals surface area contributed by atoms with Gasteiger partial charge in [0, 0.05) is 50.5 Å². The van der Waals surface area contributed by atoms with Crippen molar-refractivity contribution in [3.63, 3.8) is 0 Å². The van der Waals surface area contributed by atoms with E-state index >= 15 is 4.39 Å². The number of hydrogen-bond donors (Lipinski definition) is 6. The van der Waals surface area contributed by atoms with Gasteiger partial charge < -0.3 is 36.3 Å². The van der Waals surface area contributed by atoms with Crippen LogP contribution in [0.15, 0.2) is 115 Å². The molecule has 0 aliphatic carbocycles. The van der Waals surface area contributed by atoms with Crippen LogP contribution in [0.3, 0.4) is 0 Å². The summed E-state index contributed by atoms with van der Waals surface area (Å²) >= 11 is 0. The molecular formula is C64H66F8N12O9S2. The average Bonchev–Trinajstić information content (AvgIpc) is 1.64. The van der Waals surface area contributed by atoms with E-state index in [9.17, 15) is 62.3 Å². The van der Waals surface area contributed by atoms with Crippen LogP contribution in [0.25, 0.3) is 44.3 Å². The number of primary amides is 1. The standard InChI is InChI=1S/C40H44F4N6O5S.C24H22F4N6O4S/c1-39(2,3)47-38(51)36-35-32(50(48-36)34-17-11-12-18-54-34)21-30(46-37(35)45-23-26-15-9-10-16-31(26)49(4)56(5,52)53)28-20-29(41)33(19-27(28)22-40(42,43)44)55-24-25-13-7-6-8-14-25;1-34(39(2,37)38)18-6-4-3-5-12(18)11-30-23-20-17(32-33-21(20)22(29)36)9-16(31-23)14-8-15(25)19(35)7-13(14)10-24(26,27)28/h6-10,13-16,19-21,34H,11-12,17-18,22-24H2,1-5H3,(H,45,46)(H,47,51);3-9,35H,10-11H2,1-2H3,(H2,29,36)(H,30,31)(H,32,33). The fourth-order valence-corrected chi connectivity index (χ4v) is 11.6. The first-order chi connectivity index (χ1) is 44.5. The number of hydrogen-bond acceptors (Lipinski definition) is 15. The SMILES string of the molecule is CN(c1ccccc1CNc1nc(-c2cc(F)c(O)cc2CC(F)(F)F)cc2[nH]nc(C(N)=O)c12)S(C)(=O)=O.CN(c1ccccc1CNc1nc(-c2cc(F)c(OCc3ccccc3)cc2CC(F)(F)F)cc2c1c(C(=O)NC(C)(C)C)nn2C1CCCCO1)S(C)(=O)=O. The third kappa shape index (κ3) is 17.0. The second-order valence-electron chi connectivity index (χ2n) is 23.5. The Morgan fingerprint density at radius 2 is 1.23 bits per heavy atom. The molecule has 1 atom stereocenters. The molecule has 1 fully saturated rings. The fraction of sp³-hybridized carbons (Fsp3) is 0.312. The maximum absolute atomic E-state index is 15.9. The number of benzene rings is 5. The van der Waals surface area contributed by atoms with E-state index in [1.54, 1.807) is 78.9 Å². The number of nitrogens with zero attached hydrogens (tertiary/aromatic N) is 7. The van der Waals surface area contributed by atoms with E-state index in [1.165, 1.54) is 30.9 Å². The summed E-state index contributed by atoms with van der Waals surface area (Å²) in [7, 11) is -4.48. The number of aromatic amines is 1. The number of aromatic nitrogens is 6. The minimum Gasteiger partial charge on any atom is -0.505 e. The van der Waals surface area contributed by atoms with Gasteiger partial charge in [0.2, 0.25) is 20.0 Å². The summed E-state index contributed by atoms with van der Waals surface area (Å²) in [6.07, 6.45) is -8.59. The molecule has 0 bridgehead atoms. The van der Waals surface area contributed by atoms with E-state index in [4.69, 9.17) is 25.3 Å². The Morgan fingerprint density at radius 1 is 0.705 bits per heavy atom. The molecule has 9 aromatic rings. The van der Waals surface area contributed by atoms with Crippen molar-refractivity contribution >= 4 is 76.7 Å². The van der Waals surface area contributed by atoms with Gasteiger partial charge in [0.1, 0.15) is 18.2 Å². The molecule has 1 saturated heterocycles. The van der Waals surface area contributed by atoms with Crippen LogP contribution in [-0.2, 0) is 57.3 Å². The first-order valence-corrected chi connectivity index (χ1v) is 33.0. The topological polar surface area (TPSA) is 282 Å². The van der Waals surface area contributed by atoms with Gasteiger partial charge in [-0.05, 0) is 116 Å². The zero-order valence-corrected chi connectivity index (χ0v) is 53.8. The predicted molar refractivity (Wildman–Crippen MR) is 343 cm³/mol. The van der Waals surface area contributed by atoms with Crippen LogP contribution in [0.1, 0.15) is 95.1 Å². The summed E-state index contributed by atoms with van der Waals surface area (Å²) in [5.74, 6) is -4.80. The Kier molecular flexibility index (Phi) is 20.4. The molecule has 95 heavy (non-hydrogen) atoms. The Bertz CT molecular complexity index is 4580. The molecule has 5 aromatic carbocycles. The maximum atomic E-state index is 15.9. The van der Waals surface area contributed by atoms with Gasteiger partial charge in [0.15, 0.2) is 40.7 Å². The third-order valence-corrected chi connectivity index (χ3v) is 17.4. The highest BCUT2D eigenvalue weighted by molar-refractivity contribution is 7.92. The van der Waals surface area contributed by atoms with Crippen molar-refractivity contribution in [1.82, 2.24) is 35.3 Å².